The fourth-order valence-electron chi connectivity index (χ4n) is 4.04. The first-order valence-electron chi connectivity index (χ1n) is 10.1. The molecule has 3 amide bonds. The zero-order valence-corrected chi connectivity index (χ0v) is 17.2. The fourth-order valence-corrected chi connectivity index (χ4v) is 4.04. The van der Waals surface area contributed by atoms with Gasteiger partial charge in [0.05, 0.1) is 18.7 Å². The van der Waals surface area contributed by atoms with Gasteiger partial charge in [-0.1, -0.05) is 12.1 Å². The normalized spacial score (nSPS) is 18.8. The molecule has 2 aliphatic heterocycles. The molecule has 30 heavy (non-hydrogen) atoms. The summed E-state index contributed by atoms with van der Waals surface area (Å²) in [6, 6.07) is 12.9. The lowest BCUT2D eigenvalue weighted by atomic mass is 10.1. The van der Waals surface area contributed by atoms with Gasteiger partial charge in [-0.2, -0.15) is 0 Å². The van der Waals surface area contributed by atoms with Crippen LogP contribution in [-0.2, 0) is 14.4 Å². The molecule has 2 aliphatic rings. The zero-order valence-electron chi connectivity index (χ0n) is 17.2. The predicted octanol–water partition coefficient (Wildman–Crippen LogP) is 3.12. The Bertz CT molecular complexity index is 1000. The third-order valence-electron chi connectivity index (χ3n) is 5.62. The van der Waals surface area contributed by atoms with Crippen LogP contribution in [0.1, 0.15) is 24.8 Å². The number of aryl methyl sites for hydroxylation is 1. The molecule has 0 aliphatic carbocycles. The largest absolute Gasteiger partial charge is 0.495 e. The summed E-state index contributed by atoms with van der Waals surface area (Å²) in [5.74, 6) is -0.0572. The predicted molar refractivity (Wildman–Crippen MR) is 115 cm³/mol. The second-order valence-electron chi connectivity index (χ2n) is 7.77. The average molecular weight is 407 g/mol. The molecule has 0 aromatic heterocycles. The highest BCUT2D eigenvalue weighted by Crippen LogP contribution is 2.34. The number of rotatable bonds is 5. The number of amides is 3. The van der Waals surface area contributed by atoms with Crippen molar-refractivity contribution < 1.29 is 19.1 Å². The van der Waals surface area contributed by atoms with Gasteiger partial charge in [0.2, 0.25) is 17.7 Å². The lowest BCUT2D eigenvalue weighted by Gasteiger charge is -2.20. The van der Waals surface area contributed by atoms with Crippen LogP contribution in [0.2, 0.25) is 0 Å². The van der Waals surface area contributed by atoms with Gasteiger partial charge in [-0.05, 0) is 49.2 Å². The van der Waals surface area contributed by atoms with E-state index in [4.69, 9.17) is 4.74 Å². The van der Waals surface area contributed by atoms with Crippen molar-refractivity contribution in [3.05, 3.63) is 48.0 Å². The Kier molecular flexibility index (Phi) is 5.44. The number of nitrogens with zero attached hydrogens (tertiary/aromatic N) is 2. The molecular weight excluding hydrogens is 382 g/mol. The van der Waals surface area contributed by atoms with Crippen molar-refractivity contribution in [1.82, 2.24) is 0 Å². The maximum atomic E-state index is 12.9. The summed E-state index contributed by atoms with van der Waals surface area (Å²) in [6.07, 6.45) is 1.55. The Balaban J connectivity index is 1.47. The number of nitrogens with one attached hydrogen (secondary N) is 1. The van der Waals surface area contributed by atoms with Crippen LogP contribution >= 0.6 is 0 Å². The van der Waals surface area contributed by atoms with Gasteiger partial charge in [-0.25, -0.2) is 0 Å². The molecule has 0 radical (unpaired) electrons. The van der Waals surface area contributed by atoms with E-state index >= 15 is 0 Å². The molecule has 2 fully saturated rings. The lowest BCUT2D eigenvalue weighted by molar-refractivity contribution is -0.122. The Morgan fingerprint density at radius 3 is 2.67 bits per heavy atom. The topological polar surface area (TPSA) is 79.0 Å². The third-order valence-corrected chi connectivity index (χ3v) is 5.62. The maximum absolute atomic E-state index is 12.9. The molecule has 1 unspecified atom stereocenters. The van der Waals surface area contributed by atoms with E-state index in [2.05, 4.69) is 5.32 Å². The Morgan fingerprint density at radius 2 is 1.93 bits per heavy atom. The van der Waals surface area contributed by atoms with Gasteiger partial charge in [-0.15, -0.1) is 0 Å². The summed E-state index contributed by atoms with van der Waals surface area (Å²) < 4.78 is 5.40. The number of anilines is 3. The van der Waals surface area contributed by atoms with E-state index in [1.54, 1.807) is 29.0 Å². The van der Waals surface area contributed by atoms with Crippen LogP contribution in [-0.4, -0.2) is 37.9 Å². The van der Waals surface area contributed by atoms with Crippen molar-refractivity contribution in [3.8, 4) is 5.75 Å². The second kappa shape index (κ2) is 8.18. The summed E-state index contributed by atoms with van der Waals surface area (Å²) in [7, 11) is 1.57. The number of methoxy groups -OCH3 is 1. The fraction of sp³-hybridized carbons (Fsp3) is 0.348. The van der Waals surface area contributed by atoms with Crippen LogP contribution in [0, 0.1) is 12.8 Å². The SMILES string of the molecule is COc1ccc(C)cc1N1CC(C(=O)Nc2cccc(N3CCCC3=O)c2)CC1=O. The van der Waals surface area contributed by atoms with Crippen LogP contribution in [0.15, 0.2) is 42.5 Å². The number of carbonyl (C=O) groups excluding carboxylic acids is 3. The molecular formula is C23H25N3O4. The first kappa shape index (κ1) is 19.9. The quantitative estimate of drug-likeness (QED) is 0.826. The van der Waals surface area contributed by atoms with Crippen LogP contribution in [0.4, 0.5) is 17.1 Å². The highest BCUT2D eigenvalue weighted by atomic mass is 16.5. The minimum Gasteiger partial charge on any atom is -0.495 e. The molecule has 0 saturated carbocycles. The molecule has 2 saturated heterocycles. The molecule has 1 atom stereocenters. The Hall–Kier alpha value is -3.35. The van der Waals surface area contributed by atoms with Gasteiger partial charge < -0.3 is 19.9 Å². The van der Waals surface area contributed by atoms with Crippen molar-refractivity contribution in [2.45, 2.75) is 26.2 Å². The molecule has 7 heteroatoms. The zero-order chi connectivity index (χ0) is 21.3. The first-order valence-corrected chi connectivity index (χ1v) is 10.1. The van der Waals surface area contributed by atoms with E-state index < -0.39 is 5.92 Å². The van der Waals surface area contributed by atoms with E-state index in [-0.39, 0.29) is 24.1 Å². The highest BCUT2D eigenvalue weighted by Gasteiger charge is 2.36. The smallest absolute Gasteiger partial charge is 0.229 e. The van der Waals surface area contributed by atoms with Gasteiger partial charge in [0.15, 0.2) is 0 Å². The van der Waals surface area contributed by atoms with Crippen molar-refractivity contribution in [3.63, 3.8) is 0 Å². The van der Waals surface area contributed by atoms with Gasteiger partial charge >= 0.3 is 0 Å². The number of carbonyl (C=O) groups is 3. The summed E-state index contributed by atoms with van der Waals surface area (Å²) >= 11 is 0. The molecule has 0 spiro atoms. The first-order chi connectivity index (χ1) is 14.5. The van der Waals surface area contributed by atoms with E-state index in [0.717, 1.165) is 17.7 Å². The average Bonchev–Trinajstić information content (AvgIpc) is 3.33. The van der Waals surface area contributed by atoms with E-state index in [0.29, 0.717) is 36.6 Å². The molecule has 1 N–H and O–H groups in total. The number of hydrogen-bond donors (Lipinski definition) is 1. The lowest BCUT2D eigenvalue weighted by Crippen LogP contribution is -2.28. The summed E-state index contributed by atoms with van der Waals surface area (Å²) in [4.78, 5) is 40.8. The van der Waals surface area contributed by atoms with E-state index in [9.17, 15) is 14.4 Å². The van der Waals surface area contributed by atoms with E-state index in [1.165, 1.54) is 0 Å². The minimum atomic E-state index is -0.459. The van der Waals surface area contributed by atoms with Crippen molar-refractivity contribution in [2.24, 2.45) is 5.92 Å². The van der Waals surface area contributed by atoms with Crippen LogP contribution in [0.25, 0.3) is 0 Å². The third kappa shape index (κ3) is 3.87. The van der Waals surface area contributed by atoms with Gasteiger partial charge in [0.25, 0.3) is 0 Å². The Labute approximate surface area is 175 Å². The second-order valence-corrected chi connectivity index (χ2v) is 7.77. The molecule has 2 aromatic rings. The van der Waals surface area contributed by atoms with Crippen molar-refractivity contribution >= 4 is 34.8 Å². The van der Waals surface area contributed by atoms with Crippen LogP contribution in [0.3, 0.4) is 0 Å². The molecule has 0 bridgehead atoms. The molecule has 2 aromatic carbocycles. The van der Waals surface area contributed by atoms with Crippen LogP contribution in [0.5, 0.6) is 5.75 Å². The number of benzene rings is 2. The number of ether oxygens (including phenoxy) is 1. The maximum Gasteiger partial charge on any atom is 0.229 e. The van der Waals surface area contributed by atoms with Gasteiger partial charge in [0.1, 0.15) is 5.75 Å². The van der Waals surface area contributed by atoms with Gasteiger partial charge in [0, 0.05) is 37.3 Å². The Morgan fingerprint density at radius 1 is 1.10 bits per heavy atom. The number of hydrogen-bond acceptors (Lipinski definition) is 4. The molecule has 7 nitrogen and oxygen atoms in total. The summed E-state index contributed by atoms with van der Waals surface area (Å²) in [6.45, 7) is 2.95. The minimum absolute atomic E-state index is 0.0996. The van der Waals surface area contributed by atoms with Crippen LogP contribution < -0.4 is 19.9 Å². The summed E-state index contributed by atoms with van der Waals surface area (Å²) in [5.41, 5.74) is 3.10. The molecule has 156 valence electrons. The van der Waals surface area contributed by atoms with Crippen molar-refractivity contribution in [1.29, 1.82) is 0 Å². The van der Waals surface area contributed by atoms with Crippen molar-refractivity contribution in [2.75, 3.05) is 35.3 Å². The highest BCUT2D eigenvalue weighted by molar-refractivity contribution is 6.04. The molecule has 4 rings (SSSR count). The van der Waals surface area contributed by atoms with Gasteiger partial charge in [-0.3, -0.25) is 14.4 Å². The summed E-state index contributed by atoms with van der Waals surface area (Å²) in [5, 5.41) is 2.91. The molecule has 2 heterocycles. The van der Waals surface area contributed by atoms with E-state index in [1.807, 2.05) is 37.3 Å². The monoisotopic (exact) mass is 407 g/mol. The standard InChI is InChI=1S/C23H25N3O4/c1-15-8-9-20(30-2)19(11-15)26-14-16(12-22(26)28)23(29)24-17-5-3-6-18(13-17)25-10-4-7-21(25)27/h3,5-6,8-9,11,13,16H,4,7,10,12,14H2,1-2H3,(H,24,29).